The van der Waals surface area contributed by atoms with E-state index in [9.17, 15) is 19.7 Å². The van der Waals surface area contributed by atoms with E-state index >= 15 is 0 Å². The van der Waals surface area contributed by atoms with Crippen molar-refractivity contribution < 1.29 is 14.5 Å². The van der Waals surface area contributed by atoms with Gasteiger partial charge in [0, 0.05) is 18.2 Å². The van der Waals surface area contributed by atoms with Crippen molar-refractivity contribution in [2.75, 3.05) is 5.75 Å². The van der Waals surface area contributed by atoms with Crippen LogP contribution in [0.4, 0.5) is 5.69 Å². The Labute approximate surface area is 161 Å². The largest absolute Gasteiger partial charge is 0.366 e. The molecule has 0 saturated carbocycles. The first-order valence-corrected chi connectivity index (χ1v) is 9.22. The molecule has 2 rings (SSSR count). The molecule has 0 radical (unpaired) electrons. The van der Waals surface area contributed by atoms with Crippen LogP contribution in [0.25, 0.3) is 0 Å². The number of nitro benzene ring substituents is 1. The van der Waals surface area contributed by atoms with E-state index in [4.69, 9.17) is 5.73 Å². The predicted octanol–water partition coefficient (Wildman–Crippen LogP) is 3.03. The highest BCUT2D eigenvalue weighted by Gasteiger charge is 2.18. The number of nitrogens with zero attached hydrogens (tertiary/aromatic N) is 1. The summed E-state index contributed by atoms with van der Waals surface area (Å²) in [6, 6.07) is 8.10. The number of primary amides is 1. The van der Waals surface area contributed by atoms with Gasteiger partial charge in [0.15, 0.2) is 0 Å². The lowest BCUT2D eigenvalue weighted by Gasteiger charge is -2.12. The van der Waals surface area contributed by atoms with Crippen molar-refractivity contribution in [2.24, 2.45) is 5.73 Å². The molecular formula is C19H21N3O4S. The van der Waals surface area contributed by atoms with Crippen LogP contribution in [0.2, 0.25) is 0 Å². The van der Waals surface area contributed by atoms with Crippen molar-refractivity contribution in [3.05, 3.63) is 68.3 Å². The van der Waals surface area contributed by atoms with E-state index in [-0.39, 0.29) is 22.9 Å². The zero-order valence-electron chi connectivity index (χ0n) is 15.4. The van der Waals surface area contributed by atoms with Gasteiger partial charge in [-0.3, -0.25) is 19.7 Å². The summed E-state index contributed by atoms with van der Waals surface area (Å²) in [4.78, 5) is 34.2. The van der Waals surface area contributed by atoms with Gasteiger partial charge in [0.2, 0.25) is 11.8 Å². The van der Waals surface area contributed by atoms with Crippen LogP contribution in [-0.4, -0.2) is 22.5 Å². The second-order valence-electron chi connectivity index (χ2n) is 6.25. The molecule has 2 amide bonds. The van der Waals surface area contributed by atoms with E-state index in [2.05, 4.69) is 17.4 Å². The highest BCUT2D eigenvalue weighted by atomic mass is 32.2. The van der Waals surface area contributed by atoms with Gasteiger partial charge in [-0.2, -0.15) is 0 Å². The lowest BCUT2D eigenvalue weighted by molar-refractivity contribution is -0.387. The van der Waals surface area contributed by atoms with Crippen LogP contribution in [0, 0.1) is 30.9 Å². The lowest BCUT2D eigenvalue weighted by atomic mass is 10.00. The lowest BCUT2D eigenvalue weighted by Crippen LogP contribution is -2.25. The third-order valence-electron chi connectivity index (χ3n) is 4.10. The fourth-order valence-corrected chi connectivity index (χ4v) is 3.64. The number of nitrogens with one attached hydrogen (secondary N) is 1. The van der Waals surface area contributed by atoms with Gasteiger partial charge >= 0.3 is 0 Å². The molecule has 0 saturated heterocycles. The molecule has 0 heterocycles. The van der Waals surface area contributed by atoms with Crippen LogP contribution in [0.5, 0.6) is 0 Å². The number of hydrogen-bond donors (Lipinski definition) is 2. The minimum atomic E-state index is -0.740. The van der Waals surface area contributed by atoms with E-state index < -0.39 is 10.8 Å². The van der Waals surface area contributed by atoms with Crippen LogP contribution in [-0.2, 0) is 11.3 Å². The highest BCUT2D eigenvalue weighted by molar-refractivity contribution is 8.00. The van der Waals surface area contributed by atoms with Gasteiger partial charge in [0.25, 0.3) is 5.69 Å². The molecule has 3 N–H and O–H groups in total. The Kier molecular flexibility index (Phi) is 6.57. The van der Waals surface area contributed by atoms with E-state index in [0.717, 1.165) is 34.5 Å². The number of thioether (sulfide) groups is 1. The second kappa shape index (κ2) is 8.68. The monoisotopic (exact) mass is 387 g/mol. The maximum absolute atomic E-state index is 12.2. The standard InChI is InChI=1S/C19H21N3O4S/c1-11-6-12(2)15(13(3)7-11)9-21-18(23)10-27-17-5-4-14(19(20)24)8-16(17)22(25)26/h4-8H,9-10H2,1-3H3,(H2,20,24)(H,21,23). The van der Waals surface area contributed by atoms with Crippen LogP contribution >= 0.6 is 11.8 Å². The first-order chi connectivity index (χ1) is 12.7. The molecule has 0 spiro atoms. The molecule has 0 aliphatic heterocycles. The van der Waals surface area contributed by atoms with Crippen molar-refractivity contribution >= 4 is 29.3 Å². The molecule has 0 atom stereocenters. The Morgan fingerprint density at radius 2 is 1.78 bits per heavy atom. The molecule has 0 unspecified atom stereocenters. The Bertz CT molecular complexity index is 889. The minimum Gasteiger partial charge on any atom is -0.366 e. The van der Waals surface area contributed by atoms with Crippen molar-refractivity contribution in [3.63, 3.8) is 0 Å². The number of aryl methyl sites for hydroxylation is 3. The number of benzene rings is 2. The number of carbonyl (C=O) groups excluding carboxylic acids is 2. The maximum Gasteiger partial charge on any atom is 0.283 e. The van der Waals surface area contributed by atoms with E-state index in [1.807, 2.05) is 20.8 Å². The summed E-state index contributed by atoms with van der Waals surface area (Å²) in [7, 11) is 0. The van der Waals surface area contributed by atoms with Gasteiger partial charge in [-0.25, -0.2) is 0 Å². The molecule has 27 heavy (non-hydrogen) atoms. The quantitative estimate of drug-likeness (QED) is 0.430. The van der Waals surface area contributed by atoms with Gasteiger partial charge < -0.3 is 11.1 Å². The number of nitrogens with two attached hydrogens (primary N) is 1. The molecule has 0 aliphatic carbocycles. The Morgan fingerprint density at radius 3 is 2.33 bits per heavy atom. The van der Waals surface area contributed by atoms with Gasteiger partial charge in [-0.1, -0.05) is 17.7 Å². The first-order valence-electron chi connectivity index (χ1n) is 8.23. The number of amides is 2. The number of carbonyl (C=O) groups is 2. The molecule has 0 aromatic heterocycles. The number of nitro groups is 1. The number of hydrogen-bond acceptors (Lipinski definition) is 5. The third kappa shape index (κ3) is 5.30. The van der Waals surface area contributed by atoms with Crippen LogP contribution in [0.3, 0.4) is 0 Å². The highest BCUT2D eigenvalue weighted by Crippen LogP contribution is 2.30. The Balaban J connectivity index is 2.02. The third-order valence-corrected chi connectivity index (χ3v) is 5.16. The van der Waals surface area contributed by atoms with E-state index in [1.165, 1.54) is 17.7 Å². The maximum atomic E-state index is 12.2. The zero-order valence-corrected chi connectivity index (χ0v) is 16.2. The van der Waals surface area contributed by atoms with E-state index in [1.54, 1.807) is 0 Å². The topological polar surface area (TPSA) is 115 Å². The molecule has 0 bridgehead atoms. The molecule has 7 nitrogen and oxygen atoms in total. The Morgan fingerprint density at radius 1 is 1.15 bits per heavy atom. The fraction of sp³-hybridized carbons (Fsp3) is 0.263. The summed E-state index contributed by atoms with van der Waals surface area (Å²) in [6.45, 7) is 6.43. The summed E-state index contributed by atoms with van der Waals surface area (Å²) in [5.74, 6) is -0.940. The second-order valence-corrected chi connectivity index (χ2v) is 7.26. The summed E-state index contributed by atoms with van der Waals surface area (Å²) in [6.07, 6.45) is 0. The van der Waals surface area contributed by atoms with Gasteiger partial charge in [-0.15, -0.1) is 11.8 Å². The van der Waals surface area contributed by atoms with Gasteiger partial charge in [-0.05, 0) is 49.6 Å². The van der Waals surface area contributed by atoms with Crippen LogP contribution < -0.4 is 11.1 Å². The predicted molar refractivity (Wildman–Crippen MR) is 105 cm³/mol. The van der Waals surface area contributed by atoms with E-state index in [0.29, 0.717) is 11.4 Å². The molecule has 0 aliphatic rings. The molecular weight excluding hydrogens is 366 g/mol. The van der Waals surface area contributed by atoms with Crippen LogP contribution in [0.1, 0.15) is 32.6 Å². The fourth-order valence-electron chi connectivity index (χ4n) is 2.81. The first kappa shape index (κ1) is 20.4. The van der Waals surface area contributed by atoms with Crippen molar-refractivity contribution in [2.45, 2.75) is 32.2 Å². The zero-order chi connectivity index (χ0) is 20.1. The van der Waals surface area contributed by atoms with Crippen molar-refractivity contribution in [1.82, 2.24) is 5.32 Å². The minimum absolute atomic E-state index is 0.0285. The molecule has 2 aromatic carbocycles. The molecule has 0 fully saturated rings. The average Bonchev–Trinajstić information content (AvgIpc) is 2.58. The SMILES string of the molecule is Cc1cc(C)c(CNC(=O)CSc2ccc(C(N)=O)cc2[N+](=O)[O-])c(C)c1. The average molecular weight is 387 g/mol. The van der Waals surface area contributed by atoms with Crippen molar-refractivity contribution in [1.29, 1.82) is 0 Å². The summed E-state index contributed by atoms with van der Waals surface area (Å²) in [5, 5.41) is 14.0. The molecule has 8 heteroatoms. The smallest absolute Gasteiger partial charge is 0.283 e. The van der Waals surface area contributed by atoms with Crippen molar-refractivity contribution in [3.8, 4) is 0 Å². The summed E-state index contributed by atoms with van der Waals surface area (Å²) < 4.78 is 0. The molecule has 142 valence electrons. The van der Waals surface area contributed by atoms with Gasteiger partial charge in [0.1, 0.15) is 0 Å². The summed E-state index contributed by atoms with van der Waals surface area (Å²) >= 11 is 1.04. The molecule has 2 aromatic rings. The summed E-state index contributed by atoms with van der Waals surface area (Å²) in [5.41, 5.74) is 9.42. The number of rotatable bonds is 7. The normalized spacial score (nSPS) is 10.5. The van der Waals surface area contributed by atoms with Gasteiger partial charge in [0.05, 0.1) is 15.6 Å². The Hall–Kier alpha value is -2.87. The van der Waals surface area contributed by atoms with Crippen LogP contribution in [0.15, 0.2) is 35.2 Å².